The Morgan fingerprint density at radius 1 is 1.52 bits per heavy atom. The summed E-state index contributed by atoms with van der Waals surface area (Å²) in [5, 5.41) is 14.1. The maximum atomic E-state index is 12.8. The second kappa shape index (κ2) is 6.67. The van der Waals surface area contributed by atoms with Crippen LogP contribution < -0.4 is 15.6 Å². The van der Waals surface area contributed by atoms with Crippen molar-refractivity contribution in [2.24, 2.45) is 5.41 Å². The van der Waals surface area contributed by atoms with Crippen molar-refractivity contribution in [2.75, 3.05) is 30.4 Å². The molecule has 0 aliphatic carbocycles. The van der Waals surface area contributed by atoms with Crippen LogP contribution in [0, 0.1) is 5.41 Å². The van der Waals surface area contributed by atoms with E-state index in [2.05, 4.69) is 20.7 Å². The molecule has 134 valence electrons. The van der Waals surface area contributed by atoms with Gasteiger partial charge in [0.15, 0.2) is 0 Å². The molecule has 0 radical (unpaired) electrons. The van der Waals surface area contributed by atoms with E-state index in [1.54, 1.807) is 17.2 Å². The second-order valence-electron chi connectivity index (χ2n) is 6.37. The van der Waals surface area contributed by atoms with Crippen LogP contribution in [0.25, 0.3) is 0 Å². The number of carboxylic acids is 1. The second-order valence-corrected chi connectivity index (χ2v) is 6.37. The van der Waals surface area contributed by atoms with E-state index in [1.165, 1.54) is 0 Å². The summed E-state index contributed by atoms with van der Waals surface area (Å²) >= 11 is 0. The Labute approximate surface area is 145 Å². The SMILES string of the molecule is CCC1(CC(=O)O)CCN(c2ccnc(NC3=CN(C)NC3)n2)C1=O. The number of nitrogens with one attached hydrogen (secondary N) is 2. The minimum absolute atomic E-state index is 0.153. The molecule has 1 saturated heterocycles. The Hall–Kier alpha value is -2.68. The topological polar surface area (TPSA) is 111 Å². The molecule has 0 spiro atoms. The number of rotatable bonds is 6. The number of carbonyl (C=O) groups is 2. The zero-order valence-corrected chi connectivity index (χ0v) is 14.3. The van der Waals surface area contributed by atoms with Gasteiger partial charge < -0.3 is 15.4 Å². The molecule has 1 unspecified atom stereocenters. The number of amides is 1. The van der Waals surface area contributed by atoms with E-state index < -0.39 is 11.4 Å². The maximum absolute atomic E-state index is 12.8. The van der Waals surface area contributed by atoms with E-state index in [9.17, 15) is 9.59 Å². The van der Waals surface area contributed by atoms with Gasteiger partial charge in [-0.1, -0.05) is 6.92 Å². The first-order chi connectivity index (χ1) is 11.9. The summed E-state index contributed by atoms with van der Waals surface area (Å²) in [4.78, 5) is 34.2. The molecule has 3 rings (SSSR count). The van der Waals surface area contributed by atoms with Gasteiger partial charge in [0.1, 0.15) is 5.82 Å². The van der Waals surface area contributed by atoms with Crippen molar-refractivity contribution in [1.29, 1.82) is 0 Å². The third kappa shape index (κ3) is 3.41. The highest BCUT2D eigenvalue weighted by atomic mass is 16.4. The van der Waals surface area contributed by atoms with E-state index in [-0.39, 0.29) is 12.3 Å². The van der Waals surface area contributed by atoms with Crippen LogP contribution >= 0.6 is 0 Å². The zero-order chi connectivity index (χ0) is 18.0. The maximum Gasteiger partial charge on any atom is 0.304 e. The Morgan fingerprint density at radius 2 is 2.32 bits per heavy atom. The molecule has 2 aliphatic heterocycles. The number of hydrazine groups is 1. The van der Waals surface area contributed by atoms with Gasteiger partial charge in [-0.15, -0.1) is 0 Å². The molecule has 9 nitrogen and oxygen atoms in total. The van der Waals surface area contributed by atoms with Crippen molar-refractivity contribution in [1.82, 2.24) is 20.4 Å². The summed E-state index contributed by atoms with van der Waals surface area (Å²) in [7, 11) is 1.89. The molecule has 1 fully saturated rings. The van der Waals surface area contributed by atoms with Gasteiger partial charge in [0.05, 0.1) is 24.1 Å². The molecule has 1 aromatic rings. The minimum atomic E-state index is -0.952. The highest BCUT2D eigenvalue weighted by molar-refractivity contribution is 6.00. The lowest BCUT2D eigenvalue weighted by atomic mass is 9.80. The van der Waals surface area contributed by atoms with Crippen LogP contribution in [-0.2, 0) is 9.59 Å². The third-order valence-corrected chi connectivity index (χ3v) is 4.74. The van der Waals surface area contributed by atoms with Crippen molar-refractivity contribution in [2.45, 2.75) is 26.2 Å². The van der Waals surface area contributed by atoms with Gasteiger partial charge in [0, 0.05) is 26.0 Å². The fourth-order valence-corrected chi connectivity index (χ4v) is 3.26. The first-order valence-corrected chi connectivity index (χ1v) is 8.24. The van der Waals surface area contributed by atoms with Crippen molar-refractivity contribution in [3.05, 3.63) is 24.2 Å². The van der Waals surface area contributed by atoms with Gasteiger partial charge in [-0.05, 0) is 18.9 Å². The summed E-state index contributed by atoms with van der Waals surface area (Å²) < 4.78 is 0. The number of carbonyl (C=O) groups excluding carboxylic acids is 1. The lowest BCUT2D eigenvalue weighted by Gasteiger charge is -2.24. The number of hydrogen-bond donors (Lipinski definition) is 3. The molecular formula is C16H22N6O3. The lowest BCUT2D eigenvalue weighted by molar-refractivity contribution is -0.143. The van der Waals surface area contributed by atoms with Crippen LogP contribution in [0.3, 0.4) is 0 Å². The quantitative estimate of drug-likeness (QED) is 0.693. The Kier molecular flexibility index (Phi) is 4.58. The van der Waals surface area contributed by atoms with Crippen LogP contribution in [0.2, 0.25) is 0 Å². The van der Waals surface area contributed by atoms with Gasteiger partial charge in [-0.25, -0.2) is 10.4 Å². The van der Waals surface area contributed by atoms with E-state index in [1.807, 2.05) is 25.2 Å². The highest BCUT2D eigenvalue weighted by Gasteiger charge is 2.47. The van der Waals surface area contributed by atoms with E-state index in [0.29, 0.717) is 37.7 Å². The average Bonchev–Trinajstić information content (AvgIpc) is 3.12. The molecular weight excluding hydrogens is 324 g/mol. The highest BCUT2D eigenvalue weighted by Crippen LogP contribution is 2.40. The predicted octanol–water partition coefficient (Wildman–Crippen LogP) is 0.788. The van der Waals surface area contributed by atoms with Crippen molar-refractivity contribution < 1.29 is 14.7 Å². The fourth-order valence-electron chi connectivity index (χ4n) is 3.26. The fraction of sp³-hybridized carbons (Fsp3) is 0.500. The van der Waals surface area contributed by atoms with Gasteiger partial charge in [-0.2, -0.15) is 4.98 Å². The monoisotopic (exact) mass is 346 g/mol. The summed E-state index contributed by atoms with van der Waals surface area (Å²) in [6.45, 7) is 2.96. The molecule has 9 heteroatoms. The van der Waals surface area contributed by atoms with Gasteiger partial charge in [0.25, 0.3) is 0 Å². The molecule has 0 saturated carbocycles. The lowest BCUT2D eigenvalue weighted by Crippen LogP contribution is -2.36. The molecule has 1 atom stereocenters. The number of anilines is 2. The first-order valence-electron chi connectivity index (χ1n) is 8.24. The summed E-state index contributed by atoms with van der Waals surface area (Å²) in [6, 6.07) is 1.67. The minimum Gasteiger partial charge on any atom is -0.481 e. The van der Waals surface area contributed by atoms with Crippen molar-refractivity contribution in [3.8, 4) is 0 Å². The van der Waals surface area contributed by atoms with Crippen molar-refractivity contribution in [3.63, 3.8) is 0 Å². The molecule has 3 N–H and O–H groups in total. The third-order valence-electron chi connectivity index (χ3n) is 4.74. The predicted molar refractivity (Wildman–Crippen MR) is 91.5 cm³/mol. The van der Waals surface area contributed by atoms with Gasteiger partial charge in [-0.3, -0.25) is 14.5 Å². The standard InChI is InChI=1S/C16H22N6O3/c1-3-16(8-13(23)24)5-7-22(14(16)25)12-4-6-17-15(20-12)19-11-9-18-21(2)10-11/h4,6,10,18H,3,5,7-9H2,1-2H3,(H,23,24)(H,17,19,20). The zero-order valence-electron chi connectivity index (χ0n) is 14.3. The molecule has 2 aliphatic rings. The Balaban J connectivity index is 1.78. The number of carboxylic acid groups (broad SMARTS) is 1. The largest absolute Gasteiger partial charge is 0.481 e. The molecule has 1 aromatic heterocycles. The molecule has 3 heterocycles. The number of nitrogens with zero attached hydrogens (tertiary/aromatic N) is 4. The summed E-state index contributed by atoms with van der Waals surface area (Å²) in [5.41, 5.74) is 3.18. The van der Waals surface area contributed by atoms with E-state index in [4.69, 9.17) is 5.11 Å². The molecule has 0 aromatic carbocycles. The summed E-state index contributed by atoms with van der Waals surface area (Å²) in [6.07, 6.45) is 4.34. The van der Waals surface area contributed by atoms with Gasteiger partial charge in [0.2, 0.25) is 11.9 Å². The van der Waals surface area contributed by atoms with E-state index >= 15 is 0 Å². The van der Waals surface area contributed by atoms with Crippen LogP contribution in [0.15, 0.2) is 24.2 Å². The smallest absolute Gasteiger partial charge is 0.304 e. The summed E-state index contributed by atoms with van der Waals surface area (Å²) in [5.74, 6) is -0.237. The Bertz CT molecular complexity index is 722. The van der Waals surface area contributed by atoms with Crippen LogP contribution in [0.4, 0.5) is 11.8 Å². The van der Waals surface area contributed by atoms with E-state index in [0.717, 1.165) is 5.70 Å². The van der Waals surface area contributed by atoms with Crippen LogP contribution in [0.5, 0.6) is 0 Å². The Morgan fingerprint density at radius 3 is 2.96 bits per heavy atom. The average molecular weight is 346 g/mol. The molecule has 1 amide bonds. The number of aromatic nitrogens is 2. The number of hydrogen-bond acceptors (Lipinski definition) is 7. The van der Waals surface area contributed by atoms with Gasteiger partial charge >= 0.3 is 5.97 Å². The normalized spacial score (nSPS) is 23.1. The van der Waals surface area contributed by atoms with Crippen molar-refractivity contribution >= 4 is 23.6 Å². The molecule has 25 heavy (non-hydrogen) atoms. The van der Waals surface area contributed by atoms with Crippen LogP contribution in [-0.4, -0.2) is 52.1 Å². The van der Waals surface area contributed by atoms with Crippen LogP contribution in [0.1, 0.15) is 26.2 Å². The molecule has 0 bridgehead atoms. The first kappa shape index (κ1) is 17.2. The number of aliphatic carboxylic acids is 1.